The van der Waals surface area contributed by atoms with Crippen LogP contribution in [0.1, 0.15) is 17.3 Å². The largest absolute Gasteiger partial charge is 0.466 e. The van der Waals surface area contributed by atoms with Crippen LogP contribution >= 0.6 is 0 Å². The SMILES string of the molecule is CCOC(=O)CNC(=O)/C(=C\C(=O)OC)NC(=O)c1ccccc1. The fourth-order valence-corrected chi connectivity index (χ4v) is 1.58. The van der Waals surface area contributed by atoms with Gasteiger partial charge in [0, 0.05) is 5.56 Å². The van der Waals surface area contributed by atoms with E-state index in [9.17, 15) is 19.2 Å². The van der Waals surface area contributed by atoms with Crippen LogP contribution in [-0.2, 0) is 23.9 Å². The summed E-state index contributed by atoms with van der Waals surface area (Å²) in [5, 5.41) is 4.56. The first kappa shape index (κ1) is 18.9. The Morgan fingerprint density at radius 2 is 1.79 bits per heavy atom. The predicted molar refractivity (Wildman–Crippen MR) is 83.6 cm³/mol. The lowest BCUT2D eigenvalue weighted by Crippen LogP contribution is -2.38. The van der Waals surface area contributed by atoms with Gasteiger partial charge >= 0.3 is 11.9 Å². The van der Waals surface area contributed by atoms with Crippen LogP contribution in [0.5, 0.6) is 0 Å². The van der Waals surface area contributed by atoms with Gasteiger partial charge in [0.05, 0.1) is 19.8 Å². The first-order chi connectivity index (χ1) is 11.5. The van der Waals surface area contributed by atoms with Gasteiger partial charge in [-0.2, -0.15) is 0 Å². The van der Waals surface area contributed by atoms with Gasteiger partial charge in [-0.3, -0.25) is 14.4 Å². The fourth-order valence-electron chi connectivity index (χ4n) is 1.58. The van der Waals surface area contributed by atoms with Crippen molar-refractivity contribution in [3.05, 3.63) is 47.7 Å². The smallest absolute Gasteiger partial charge is 0.332 e. The fraction of sp³-hybridized carbons (Fsp3) is 0.250. The Kier molecular flexibility index (Phi) is 7.69. The Bertz CT molecular complexity index is 639. The minimum absolute atomic E-state index is 0.171. The highest BCUT2D eigenvalue weighted by Gasteiger charge is 2.17. The third kappa shape index (κ3) is 6.30. The van der Waals surface area contributed by atoms with Crippen molar-refractivity contribution < 1.29 is 28.7 Å². The van der Waals surface area contributed by atoms with Gasteiger partial charge in [0.1, 0.15) is 12.2 Å². The number of esters is 2. The monoisotopic (exact) mass is 334 g/mol. The van der Waals surface area contributed by atoms with Crippen LogP contribution < -0.4 is 10.6 Å². The maximum Gasteiger partial charge on any atom is 0.332 e. The number of amides is 2. The van der Waals surface area contributed by atoms with E-state index in [0.717, 1.165) is 13.2 Å². The first-order valence-electron chi connectivity index (χ1n) is 7.07. The van der Waals surface area contributed by atoms with Gasteiger partial charge in [-0.05, 0) is 19.1 Å². The Balaban J connectivity index is 2.82. The number of carbonyl (C=O) groups excluding carboxylic acids is 4. The van der Waals surface area contributed by atoms with E-state index in [1.54, 1.807) is 37.3 Å². The molecule has 1 aromatic rings. The molecule has 0 heterocycles. The Hall–Kier alpha value is -3.16. The average molecular weight is 334 g/mol. The molecule has 0 radical (unpaired) electrons. The van der Waals surface area contributed by atoms with E-state index in [0.29, 0.717) is 5.56 Å². The Morgan fingerprint density at radius 1 is 1.12 bits per heavy atom. The van der Waals surface area contributed by atoms with E-state index in [4.69, 9.17) is 0 Å². The van der Waals surface area contributed by atoms with Crippen LogP contribution in [0.25, 0.3) is 0 Å². The molecule has 8 nitrogen and oxygen atoms in total. The van der Waals surface area contributed by atoms with Gasteiger partial charge in [-0.25, -0.2) is 4.79 Å². The highest BCUT2D eigenvalue weighted by molar-refractivity contribution is 6.06. The number of nitrogens with one attached hydrogen (secondary N) is 2. The van der Waals surface area contributed by atoms with Gasteiger partial charge in [0.15, 0.2) is 0 Å². The van der Waals surface area contributed by atoms with Crippen molar-refractivity contribution in [1.82, 2.24) is 10.6 Å². The third-order valence-corrected chi connectivity index (χ3v) is 2.69. The molecular formula is C16H18N2O6. The van der Waals surface area contributed by atoms with Crippen LogP contribution in [0.15, 0.2) is 42.1 Å². The van der Waals surface area contributed by atoms with Crippen molar-refractivity contribution in [3.63, 3.8) is 0 Å². The normalized spacial score (nSPS) is 10.5. The van der Waals surface area contributed by atoms with Crippen LogP contribution in [0.2, 0.25) is 0 Å². The van der Waals surface area contributed by atoms with Crippen molar-refractivity contribution in [1.29, 1.82) is 0 Å². The summed E-state index contributed by atoms with van der Waals surface area (Å²) in [5.74, 6) is -2.88. The topological polar surface area (TPSA) is 111 Å². The lowest BCUT2D eigenvalue weighted by molar-refractivity contribution is -0.143. The number of benzene rings is 1. The zero-order valence-corrected chi connectivity index (χ0v) is 13.3. The number of rotatable bonds is 7. The summed E-state index contributed by atoms with van der Waals surface area (Å²) in [6.07, 6.45) is 0.821. The standard InChI is InChI=1S/C16H18N2O6/c1-3-24-14(20)10-17-16(22)12(9-13(19)23-2)18-15(21)11-7-5-4-6-8-11/h4-9H,3,10H2,1-2H3,(H,17,22)(H,18,21)/b12-9+. The molecular weight excluding hydrogens is 316 g/mol. The molecule has 2 N–H and O–H groups in total. The maximum atomic E-state index is 12.1. The summed E-state index contributed by atoms with van der Waals surface area (Å²) in [6, 6.07) is 8.12. The average Bonchev–Trinajstić information content (AvgIpc) is 2.59. The quantitative estimate of drug-likeness (QED) is 0.542. The van der Waals surface area contributed by atoms with Gasteiger partial charge in [-0.1, -0.05) is 18.2 Å². The molecule has 0 atom stereocenters. The molecule has 0 aromatic heterocycles. The number of methoxy groups -OCH3 is 1. The molecule has 2 amide bonds. The zero-order chi connectivity index (χ0) is 17.9. The summed E-state index contributed by atoms with van der Waals surface area (Å²) < 4.78 is 9.12. The van der Waals surface area contributed by atoms with Gasteiger partial charge in [0.25, 0.3) is 11.8 Å². The van der Waals surface area contributed by atoms with Crippen molar-refractivity contribution >= 4 is 23.8 Å². The van der Waals surface area contributed by atoms with Crippen LogP contribution in [-0.4, -0.2) is 44.0 Å². The lowest BCUT2D eigenvalue weighted by Gasteiger charge is -2.10. The van der Waals surface area contributed by atoms with E-state index < -0.39 is 30.3 Å². The van der Waals surface area contributed by atoms with E-state index in [-0.39, 0.29) is 12.3 Å². The number of ether oxygens (including phenoxy) is 2. The molecule has 128 valence electrons. The molecule has 0 bridgehead atoms. The molecule has 1 rings (SSSR count). The zero-order valence-electron chi connectivity index (χ0n) is 13.3. The van der Waals surface area contributed by atoms with Gasteiger partial charge < -0.3 is 20.1 Å². The summed E-state index contributed by atoms with van der Waals surface area (Å²) in [6.45, 7) is 1.40. The van der Waals surface area contributed by atoms with Crippen molar-refractivity contribution in [2.45, 2.75) is 6.92 Å². The highest BCUT2D eigenvalue weighted by atomic mass is 16.5. The molecule has 0 fully saturated rings. The molecule has 0 aliphatic carbocycles. The van der Waals surface area contributed by atoms with E-state index in [2.05, 4.69) is 20.1 Å². The van der Waals surface area contributed by atoms with Gasteiger partial charge in [0.2, 0.25) is 0 Å². The molecule has 0 aliphatic heterocycles. The van der Waals surface area contributed by atoms with Crippen molar-refractivity contribution in [3.8, 4) is 0 Å². The molecule has 24 heavy (non-hydrogen) atoms. The summed E-state index contributed by atoms with van der Waals surface area (Å²) in [5.41, 5.74) is -0.0496. The van der Waals surface area contributed by atoms with Crippen LogP contribution in [0.4, 0.5) is 0 Å². The summed E-state index contributed by atoms with van der Waals surface area (Å²) in [4.78, 5) is 46.8. The summed E-state index contributed by atoms with van der Waals surface area (Å²) in [7, 11) is 1.13. The second-order valence-corrected chi connectivity index (χ2v) is 4.39. The predicted octanol–water partition coefficient (Wildman–Crippen LogP) is 0.153. The van der Waals surface area contributed by atoms with Crippen molar-refractivity contribution in [2.24, 2.45) is 0 Å². The second kappa shape index (κ2) is 9.78. The highest BCUT2D eigenvalue weighted by Crippen LogP contribution is 2.01. The number of carbonyl (C=O) groups is 4. The molecule has 0 spiro atoms. The van der Waals surface area contributed by atoms with Crippen molar-refractivity contribution in [2.75, 3.05) is 20.3 Å². The van der Waals surface area contributed by atoms with E-state index >= 15 is 0 Å². The van der Waals surface area contributed by atoms with E-state index in [1.807, 2.05) is 0 Å². The number of hydrogen-bond acceptors (Lipinski definition) is 6. The van der Waals surface area contributed by atoms with Crippen LogP contribution in [0, 0.1) is 0 Å². The maximum absolute atomic E-state index is 12.1. The molecule has 1 aromatic carbocycles. The third-order valence-electron chi connectivity index (χ3n) is 2.69. The Labute approximate surface area is 138 Å². The molecule has 0 saturated heterocycles. The Morgan fingerprint density at radius 3 is 2.38 bits per heavy atom. The first-order valence-corrected chi connectivity index (χ1v) is 7.07. The second-order valence-electron chi connectivity index (χ2n) is 4.39. The molecule has 0 unspecified atom stereocenters. The molecule has 8 heteroatoms. The van der Waals surface area contributed by atoms with Gasteiger partial charge in [-0.15, -0.1) is 0 Å². The molecule has 0 saturated carbocycles. The minimum atomic E-state index is -0.829. The summed E-state index contributed by atoms with van der Waals surface area (Å²) >= 11 is 0. The molecule has 0 aliphatic rings. The lowest BCUT2D eigenvalue weighted by atomic mass is 10.2. The van der Waals surface area contributed by atoms with Crippen LogP contribution in [0.3, 0.4) is 0 Å². The number of hydrogen-bond donors (Lipinski definition) is 2. The minimum Gasteiger partial charge on any atom is -0.466 e. The van der Waals surface area contributed by atoms with E-state index in [1.165, 1.54) is 0 Å².